The highest BCUT2D eigenvalue weighted by atomic mass is 32.2. The first-order valence-electron chi connectivity index (χ1n) is 11.7. The summed E-state index contributed by atoms with van der Waals surface area (Å²) in [7, 11) is -8.73. The number of H-pyrrole nitrogens is 2. The van der Waals surface area contributed by atoms with Crippen LogP contribution in [0.25, 0.3) is 22.1 Å². The van der Waals surface area contributed by atoms with Crippen molar-refractivity contribution in [1.29, 1.82) is 0 Å². The third-order valence-electron chi connectivity index (χ3n) is 6.77. The van der Waals surface area contributed by atoms with Gasteiger partial charge in [-0.25, -0.2) is 26.8 Å². The first-order chi connectivity index (χ1) is 17.8. The van der Waals surface area contributed by atoms with Crippen LogP contribution in [0.3, 0.4) is 0 Å². The number of imidazole rings is 1. The number of halogens is 3. The molecule has 204 valence electrons. The summed E-state index contributed by atoms with van der Waals surface area (Å²) in [6, 6.07) is 9.05. The maximum Gasteiger partial charge on any atom is 0.401 e. The van der Waals surface area contributed by atoms with Gasteiger partial charge in [0.25, 0.3) is 0 Å². The third kappa shape index (κ3) is 4.79. The van der Waals surface area contributed by atoms with Gasteiger partial charge in [0, 0.05) is 17.5 Å². The first kappa shape index (κ1) is 26.6. The van der Waals surface area contributed by atoms with Gasteiger partial charge in [0.1, 0.15) is 17.0 Å². The van der Waals surface area contributed by atoms with Crippen LogP contribution in [0.5, 0.6) is 0 Å². The van der Waals surface area contributed by atoms with Crippen LogP contribution in [0.15, 0.2) is 53.7 Å². The van der Waals surface area contributed by atoms with E-state index in [1.807, 2.05) is 0 Å². The summed E-state index contributed by atoms with van der Waals surface area (Å²) in [5.41, 5.74) is 1.26. The molecule has 0 radical (unpaired) electrons. The van der Waals surface area contributed by atoms with Crippen LogP contribution in [0.1, 0.15) is 18.7 Å². The van der Waals surface area contributed by atoms with Crippen molar-refractivity contribution >= 4 is 41.9 Å². The largest absolute Gasteiger partial charge is 0.401 e. The number of aromatic amines is 2. The van der Waals surface area contributed by atoms with Gasteiger partial charge in [-0.15, -0.1) is 0 Å². The highest BCUT2D eigenvalue weighted by molar-refractivity contribution is 7.94. The number of hydrogen-bond donors (Lipinski definition) is 3. The van der Waals surface area contributed by atoms with Crippen molar-refractivity contribution in [3.63, 3.8) is 0 Å². The van der Waals surface area contributed by atoms with E-state index in [-0.39, 0.29) is 36.7 Å². The number of likely N-dealkylation sites (tertiary alicyclic amines) is 1. The van der Waals surface area contributed by atoms with Crippen molar-refractivity contribution in [2.75, 3.05) is 25.9 Å². The minimum Gasteiger partial charge on any atom is -0.346 e. The second-order valence-electron chi connectivity index (χ2n) is 9.44. The zero-order chi connectivity index (χ0) is 27.3. The van der Waals surface area contributed by atoms with Crippen LogP contribution in [0, 0.1) is 5.92 Å². The van der Waals surface area contributed by atoms with Crippen molar-refractivity contribution in [2.24, 2.45) is 5.92 Å². The van der Waals surface area contributed by atoms with E-state index < -0.39 is 43.4 Å². The molecular weight excluding hydrogens is 545 g/mol. The van der Waals surface area contributed by atoms with E-state index in [0.29, 0.717) is 22.1 Å². The maximum atomic E-state index is 14.4. The fourth-order valence-electron chi connectivity index (χ4n) is 5.19. The number of aromatic nitrogens is 4. The van der Waals surface area contributed by atoms with Crippen LogP contribution in [-0.4, -0.2) is 73.7 Å². The Kier molecular flexibility index (Phi) is 6.52. The number of sulfonamides is 1. The lowest BCUT2D eigenvalue weighted by atomic mass is 9.88. The highest BCUT2D eigenvalue weighted by Gasteiger charge is 2.57. The SMILES string of the molecule is CS(=O)(=O)NC(c1nc2c(cnc3[nH]ccc32)[nH]1)(C1CCN(CC(F)(F)F)CC1)S(=O)(=O)c1ccccc1. The van der Waals surface area contributed by atoms with Gasteiger partial charge in [0.15, 0.2) is 4.87 Å². The lowest BCUT2D eigenvalue weighted by Crippen LogP contribution is -2.59. The number of rotatable bonds is 7. The topological polar surface area (TPSA) is 141 Å². The van der Waals surface area contributed by atoms with Gasteiger partial charge < -0.3 is 9.97 Å². The molecular formula is C23H25F3N6O4S2. The monoisotopic (exact) mass is 570 g/mol. The second kappa shape index (κ2) is 9.32. The summed E-state index contributed by atoms with van der Waals surface area (Å²) >= 11 is 0. The minimum absolute atomic E-state index is 0.0282. The van der Waals surface area contributed by atoms with Gasteiger partial charge in [0.05, 0.1) is 29.4 Å². The number of pyridine rings is 1. The molecule has 0 saturated carbocycles. The van der Waals surface area contributed by atoms with Gasteiger partial charge in [-0.2, -0.15) is 17.9 Å². The molecule has 0 bridgehead atoms. The second-order valence-corrected chi connectivity index (χ2v) is 13.3. The van der Waals surface area contributed by atoms with E-state index in [1.54, 1.807) is 18.3 Å². The fourth-order valence-corrected chi connectivity index (χ4v) is 8.81. The van der Waals surface area contributed by atoms with Crippen LogP contribution in [-0.2, 0) is 24.7 Å². The van der Waals surface area contributed by atoms with Crippen LogP contribution in [0.2, 0.25) is 0 Å². The van der Waals surface area contributed by atoms with Gasteiger partial charge in [-0.1, -0.05) is 18.2 Å². The zero-order valence-corrected chi connectivity index (χ0v) is 21.8. The summed E-state index contributed by atoms with van der Waals surface area (Å²) in [5.74, 6) is -1.12. The lowest BCUT2D eigenvalue weighted by molar-refractivity contribution is -0.149. The molecule has 5 rings (SSSR count). The van der Waals surface area contributed by atoms with Gasteiger partial charge in [-0.05, 0) is 44.1 Å². The van der Waals surface area contributed by atoms with Crippen molar-refractivity contribution < 1.29 is 30.0 Å². The molecule has 1 atom stereocenters. The molecule has 3 aromatic heterocycles. The van der Waals surface area contributed by atoms with E-state index in [2.05, 4.69) is 24.7 Å². The smallest absolute Gasteiger partial charge is 0.346 e. The maximum absolute atomic E-state index is 14.4. The number of sulfone groups is 1. The van der Waals surface area contributed by atoms with Crippen LogP contribution < -0.4 is 4.72 Å². The van der Waals surface area contributed by atoms with E-state index in [4.69, 9.17) is 0 Å². The Morgan fingerprint density at radius 2 is 1.76 bits per heavy atom. The van der Waals surface area contributed by atoms with E-state index in [0.717, 1.165) is 6.26 Å². The molecule has 1 aliphatic heterocycles. The number of fused-ring (bicyclic) bond motifs is 3. The number of nitrogens with one attached hydrogen (secondary N) is 3. The quantitative estimate of drug-likeness (QED) is 0.310. The Hall–Kier alpha value is -3.01. The predicted molar refractivity (Wildman–Crippen MR) is 134 cm³/mol. The lowest BCUT2D eigenvalue weighted by Gasteiger charge is -2.43. The van der Waals surface area contributed by atoms with Crippen molar-refractivity contribution in [3.8, 4) is 0 Å². The summed E-state index contributed by atoms with van der Waals surface area (Å²) in [4.78, 5) is 13.5. The van der Waals surface area contributed by atoms with Crippen molar-refractivity contribution in [1.82, 2.24) is 29.6 Å². The molecule has 3 N–H and O–H groups in total. The average Bonchev–Trinajstić information content (AvgIpc) is 3.49. The normalized spacial score (nSPS) is 18.2. The summed E-state index contributed by atoms with van der Waals surface area (Å²) in [5, 5.41) is 0.593. The third-order valence-corrected chi connectivity index (χ3v) is 9.96. The Morgan fingerprint density at radius 1 is 1.08 bits per heavy atom. The number of piperidine rings is 1. The van der Waals surface area contributed by atoms with Gasteiger partial charge in [-0.3, -0.25) is 4.90 Å². The van der Waals surface area contributed by atoms with E-state index in [9.17, 15) is 30.0 Å². The number of benzene rings is 1. The predicted octanol–water partition coefficient (Wildman–Crippen LogP) is 2.89. The molecule has 38 heavy (non-hydrogen) atoms. The molecule has 0 amide bonds. The Bertz CT molecular complexity index is 1680. The highest BCUT2D eigenvalue weighted by Crippen LogP contribution is 2.44. The molecule has 4 aromatic rings. The number of nitrogens with zero attached hydrogens (tertiary/aromatic N) is 3. The molecule has 15 heteroatoms. The molecule has 4 heterocycles. The molecule has 10 nitrogen and oxygen atoms in total. The number of alkyl halides is 3. The van der Waals surface area contributed by atoms with Gasteiger partial charge >= 0.3 is 6.18 Å². The van der Waals surface area contributed by atoms with Crippen molar-refractivity contribution in [3.05, 3.63) is 54.6 Å². The fraction of sp³-hybridized carbons (Fsp3) is 0.391. The molecule has 1 saturated heterocycles. The van der Waals surface area contributed by atoms with E-state index in [1.165, 1.54) is 35.4 Å². The first-order valence-corrected chi connectivity index (χ1v) is 15.1. The van der Waals surface area contributed by atoms with E-state index >= 15 is 0 Å². The molecule has 1 unspecified atom stereocenters. The van der Waals surface area contributed by atoms with Gasteiger partial charge in [0.2, 0.25) is 19.9 Å². The average molecular weight is 571 g/mol. The molecule has 0 aliphatic carbocycles. The Balaban J connectivity index is 1.73. The minimum atomic E-state index is -4.54. The summed E-state index contributed by atoms with van der Waals surface area (Å²) in [6.07, 6.45) is -0.533. The number of hydrogen-bond acceptors (Lipinski definition) is 7. The molecule has 0 spiro atoms. The summed E-state index contributed by atoms with van der Waals surface area (Å²) in [6.45, 7) is -1.30. The summed E-state index contributed by atoms with van der Waals surface area (Å²) < 4.78 is 95.9. The zero-order valence-electron chi connectivity index (χ0n) is 20.2. The van der Waals surface area contributed by atoms with Crippen LogP contribution >= 0.6 is 0 Å². The molecule has 1 fully saturated rings. The standard InChI is InChI=1S/C23H25F3N6O4S2/c1-37(33,34)31-23(38(35,36)16-5-3-2-4-6-16,15-8-11-32(12-9-15)14-22(24,25)26)21-29-18-13-28-20-17(7-10-27-20)19(18)30-21/h2-7,10,13,15,31H,8-9,11-12,14H2,1H3,(H,27,28)(H,29,30). The molecule has 1 aliphatic rings. The Morgan fingerprint density at radius 3 is 2.39 bits per heavy atom. The van der Waals surface area contributed by atoms with Crippen molar-refractivity contribution in [2.45, 2.75) is 28.8 Å². The molecule has 1 aromatic carbocycles. The van der Waals surface area contributed by atoms with Crippen LogP contribution in [0.4, 0.5) is 13.2 Å². The Labute approximate surface area is 216 Å².